The molecule has 93 valence electrons. The Morgan fingerprint density at radius 1 is 1.59 bits per heavy atom. The van der Waals surface area contributed by atoms with Crippen molar-refractivity contribution in [2.75, 3.05) is 0 Å². The van der Waals surface area contributed by atoms with Crippen LogP contribution in [0.4, 0.5) is 0 Å². The Kier molecular flexibility index (Phi) is 5.99. The van der Waals surface area contributed by atoms with Gasteiger partial charge in [-0.1, -0.05) is 19.8 Å². The molecule has 5 heteroatoms. The summed E-state index contributed by atoms with van der Waals surface area (Å²) in [6.07, 6.45) is 8.84. The second kappa shape index (κ2) is 7.60. The predicted octanol–water partition coefficient (Wildman–Crippen LogP) is 1.13. The number of hydrogen-bond acceptors (Lipinski definition) is 3. The Hall–Kier alpha value is -1.65. The lowest BCUT2D eigenvalue weighted by atomic mass is 10.1. The Bertz CT molecular complexity index is 336. The van der Waals surface area contributed by atoms with Crippen LogP contribution in [0.2, 0.25) is 0 Å². The molecule has 1 heterocycles. The van der Waals surface area contributed by atoms with Crippen LogP contribution in [-0.4, -0.2) is 28.2 Å². The van der Waals surface area contributed by atoms with Gasteiger partial charge in [0, 0.05) is 24.7 Å². The fraction of sp³-hybridized carbons (Fsp3) is 0.583. The average molecular weight is 236 g/mol. The van der Waals surface area contributed by atoms with E-state index in [9.17, 15) is 9.59 Å². The van der Waals surface area contributed by atoms with Crippen LogP contribution >= 0.6 is 0 Å². The molecule has 0 bridgehead atoms. The molecule has 1 radical (unpaired) electrons. The summed E-state index contributed by atoms with van der Waals surface area (Å²) in [4.78, 5) is 29.0. The number of amides is 1. The largest absolute Gasteiger partial charge is 0.348 e. The van der Waals surface area contributed by atoms with Gasteiger partial charge in [-0.05, 0) is 6.42 Å². The number of imidazole rings is 1. The fourth-order valence-corrected chi connectivity index (χ4v) is 1.54. The SMILES string of the molecule is CCCCCC(=O)N[C@@H]([C]=O)Cc1cnc[nH]1. The van der Waals surface area contributed by atoms with Crippen molar-refractivity contribution in [2.24, 2.45) is 0 Å². The third kappa shape index (κ3) is 5.29. The molecule has 1 atom stereocenters. The van der Waals surface area contributed by atoms with E-state index in [1.807, 2.05) is 6.29 Å². The van der Waals surface area contributed by atoms with Gasteiger partial charge in [0.05, 0.1) is 6.33 Å². The molecule has 0 fully saturated rings. The van der Waals surface area contributed by atoms with E-state index in [1.54, 1.807) is 12.5 Å². The maximum Gasteiger partial charge on any atom is 0.223 e. The molecular formula is C12H18N3O2. The summed E-state index contributed by atoms with van der Waals surface area (Å²) in [5.74, 6) is -0.0914. The predicted molar refractivity (Wildman–Crippen MR) is 64.1 cm³/mol. The number of nitrogens with one attached hydrogen (secondary N) is 2. The maximum atomic E-state index is 11.5. The molecule has 17 heavy (non-hydrogen) atoms. The summed E-state index contributed by atoms with van der Waals surface area (Å²) in [5.41, 5.74) is 0.812. The molecule has 5 nitrogen and oxygen atoms in total. The minimum atomic E-state index is -0.593. The van der Waals surface area contributed by atoms with Crippen LogP contribution in [0.15, 0.2) is 12.5 Å². The molecule has 1 rings (SSSR count). The van der Waals surface area contributed by atoms with E-state index in [0.29, 0.717) is 12.8 Å². The van der Waals surface area contributed by atoms with Crippen molar-refractivity contribution >= 4 is 12.2 Å². The lowest BCUT2D eigenvalue weighted by molar-refractivity contribution is -0.121. The molecule has 0 aliphatic carbocycles. The number of carbonyl (C=O) groups excluding carboxylic acids is 2. The number of carbonyl (C=O) groups is 1. The van der Waals surface area contributed by atoms with Gasteiger partial charge in [-0.3, -0.25) is 9.59 Å². The number of H-pyrrole nitrogens is 1. The summed E-state index contributed by atoms with van der Waals surface area (Å²) >= 11 is 0. The summed E-state index contributed by atoms with van der Waals surface area (Å²) in [6, 6.07) is -0.593. The smallest absolute Gasteiger partial charge is 0.223 e. The fourth-order valence-electron chi connectivity index (χ4n) is 1.54. The van der Waals surface area contributed by atoms with Gasteiger partial charge >= 0.3 is 0 Å². The quantitative estimate of drug-likeness (QED) is 0.664. The van der Waals surface area contributed by atoms with Gasteiger partial charge in [0.2, 0.25) is 12.2 Å². The van der Waals surface area contributed by atoms with E-state index in [2.05, 4.69) is 22.2 Å². The molecule has 0 saturated heterocycles. The number of aromatic amines is 1. The molecule has 0 aromatic carbocycles. The molecule has 0 aliphatic rings. The van der Waals surface area contributed by atoms with E-state index >= 15 is 0 Å². The number of rotatable bonds is 8. The first kappa shape index (κ1) is 13.4. The Labute approximate surface area is 101 Å². The third-order valence-electron chi connectivity index (χ3n) is 2.46. The van der Waals surface area contributed by atoms with Crippen molar-refractivity contribution in [3.8, 4) is 0 Å². The summed E-state index contributed by atoms with van der Waals surface area (Å²) in [5, 5.41) is 2.65. The molecule has 0 saturated carbocycles. The minimum absolute atomic E-state index is 0.0914. The highest BCUT2D eigenvalue weighted by Crippen LogP contribution is 2.00. The standard InChI is InChI=1S/C12H18N3O2/c1-2-3-4-5-12(17)15-11(8-16)6-10-7-13-9-14-10/h7,9,11H,2-6H2,1H3,(H,13,14)(H,15,17)/t11-/m1/s1. The zero-order chi connectivity index (χ0) is 12.5. The van der Waals surface area contributed by atoms with Gasteiger partial charge in [0.1, 0.15) is 6.04 Å². The van der Waals surface area contributed by atoms with Crippen LogP contribution in [0.25, 0.3) is 0 Å². The van der Waals surface area contributed by atoms with Crippen LogP contribution in [-0.2, 0) is 16.0 Å². The van der Waals surface area contributed by atoms with E-state index in [-0.39, 0.29) is 5.91 Å². The second-order valence-corrected chi connectivity index (χ2v) is 3.98. The van der Waals surface area contributed by atoms with Gasteiger partial charge in [0.25, 0.3) is 0 Å². The molecule has 1 aromatic rings. The first-order valence-electron chi connectivity index (χ1n) is 5.90. The third-order valence-corrected chi connectivity index (χ3v) is 2.46. The van der Waals surface area contributed by atoms with Crippen molar-refractivity contribution < 1.29 is 9.59 Å². The zero-order valence-electron chi connectivity index (χ0n) is 10.0. The van der Waals surface area contributed by atoms with Crippen LogP contribution < -0.4 is 5.32 Å². The van der Waals surface area contributed by atoms with Crippen molar-refractivity contribution in [3.63, 3.8) is 0 Å². The van der Waals surface area contributed by atoms with Crippen molar-refractivity contribution in [1.82, 2.24) is 15.3 Å². The lowest BCUT2D eigenvalue weighted by Crippen LogP contribution is -2.37. The van der Waals surface area contributed by atoms with Crippen LogP contribution in [0.1, 0.15) is 38.3 Å². The van der Waals surface area contributed by atoms with E-state index < -0.39 is 6.04 Å². The van der Waals surface area contributed by atoms with Crippen molar-refractivity contribution in [2.45, 2.75) is 45.1 Å². The lowest BCUT2D eigenvalue weighted by Gasteiger charge is -2.10. The monoisotopic (exact) mass is 236 g/mol. The zero-order valence-corrected chi connectivity index (χ0v) is 10.0. The van der Waals surface area contributed by atoms with Gasteiger partial charge in [-0.2, -0.15) is 0 Å². The first-order valence-corrected chi connectivity index (χ1v) is 5.90. The van der Waals surface area contributed by atoms with Gasteiger partial charge in [0.15, 0.2) is 0 Å². The van der Waals surface area contributed by atoms with E-state index in [1.165, 1.54) is 0 Å². The highest BCUT2D eigenvalue weighted by Gasteiger charge is 2.13. The van der Waals surface area contributed by atoms with Gasteiger partial charge < -0.3 is 10.3 Å². The molecule has 1 amide bonds. The topological polar surface area (TPSA) is 74.8 Å². The summed E-state index contributed by atoms with van der Waals surface area (Å²) in [6.45, 7) is 2.08. The van der Waals surface area contributed by atoms with Crippen LogP contribution in [0.3, 0.4) is 0 Å². The summed E-state index contributed by atoms with van der Waals surface area (Å²) in [7, 11) is 0. The Morgan fingerprint density at radius 2 is 2.41 bits per heavy atom. The summed E-state index contributed by atoms with van der Waals surface area (Å²) < 4.78 is 0. The van der Waals surface area contributed by atoms with E-state index in [4.69, 9.17) is 0 Å². The maximum absolute atomic E-state index is 11.5. The second-order valence-electron chi connectivity index (χ2n) is 3.98. The Morgan fingerprint density at radius 3 is 3.00 bits per heavy atom. The van der Waals surface area contributed by atoms with Crippen molar-refractivity contribution in [3.05, 3.63) is 18.2 Å². The van der Waals surface area contributed by atoms with E-state index in [0.717, 1.165) is 25.0 Å². The first-order chi connectivity index (χ1) is 8.26. The molecule has 1 aromatic heterocycles. The minimum Gasteiger partial charge on any atom is -0.348 e. The molecule has 0 spiro atoms. The van der Waals surface area contributed by atoms with Crippen molar-refractivity contribution in [1.29, 1.82) is 0 Å². The highest BCUT2D eigenvalue weighted by atomic mass is 16.2. The Balaban J connectivity index is 2.31. The number of unbranched alkanes of at least 4 members (excludes halogenated alkanes) is 2. The van der Waals surface area contributed by atoms with Crippen LogP contribution in [0, 0.1) is 0 Å². The molecule has 2 N–H and O–H groups in total. The number of hydrogen-bond donors (Lipinski definition) is 2. The normalized spacial score (nSPS) is 12.1. The molecular weight excluding hydrogens is 218 g/mol. The van der Waals surface area contributed by atoms with Gasteiger partial charge in [-0.25, -0.2) is 4.98 Å². The van der Waals surface area contributed by atoms with Gasteiger partial charge in [-0.15, -0.1) is 0 Å². The number of nitrogens with zero attached hydrogens (tertiary/aromatic N) is 1. The average Bonchev–Trinajstić information content (AvgIpc) is 2.81. The van der Waals surface area contributed by atoms with Crippen LogP contribution in [0.5, 0.6) is 0 Å². The number of aromatic nitrogens is 2. The molecule has 0 aliphatic heterocycles. The molecule has 0 unspecified atom stereocenters. The highest BCUT2D eigenvalue weighted by molar-refractivity contribution is 5.79.